The first-order valence-corrected chi connectivity index (χ1v) is 10.6. The van der Waals surface area contributed by atoms with E-state index in [2.05, 4.69) is 15.1 Å². The summed E-state index contributed by atoms with van der Waals surface area (Å²) in [5.74, 6) is 0.154. The van der Waals surface area contributed by atoms with Gasteiger partial charge >= 0.3 is 0 Å². The van der Waals surface area contributed by atoms with Crippen LogP contribution in [-0.2, 0) is 9.53 Å². The Morgan fingerprint density at radius 1 is 1.09 bits per heavy atom. The predicted octanol–water partition coefficient (Wildman–Crippen LogP) is 3.36. The standard InChI is InChI=1S/C23H20FN5O3/c24-15-9-7-14(8-10-15)21-26-22(32-27-21)19-20-23(30)28(12-16-4-3-11-31-16)17-5-1-2-6-18(17)29(20)13-25-19/h1-2,5-10,13,16,19-20H,3-4,11-12H2. The third-order valence-corrected chi connectivity index (χ3v) is 6.13. The second-order valence-corrected chi connectivity index (χ2v) is 8.10. The molecule has 0 bridgehead atoms. The van der Waals surface area contributed by atoms with Gasteiger partial charge < -0.3 is 19.1 Å². The zero-order chi connectivity index (χ0) is 21.7. The molecule has 0 spiro atoms. The van der Waals surface area contributed by atoms with E-state index < -0.39 is 12.1 Å². The summed E-state index contributed by atoms with van der Waals surface area (Å²) in [6, 6.07) is 12.4. The number of fused-ring (bicyclic) bond motifs is 3. The highest BCUT2D eigenvalue weighted by Crippen LogP contribution is 2.42. The Hall–Kier alpha value is -3.59. The molecular weight excluding hydrogens is 413 g/mol. The van der Waals surface area contributed by atoms with Gasteiger partial charge in [-0.05, 0) is 49.2 Å². The Labute approximate surface area is 183 Å². The van der Waals surface area contributed by atoms with Gasteiger partial charge in [0.2, 0.25) is 5.82 Å². The van der Waals surface area contributed by atoms with E-state index in [0.717, 1.165) is 30.8 Å². The Morgan fingerprint density at radius 3 is 2.69 bits per heavy atom. The van der Waals surface area contributed by atoms with Gasteiger partial charge in [-0.1, -0.05) is 17.3 Å². The minimum atomic E-state index is -0.635. The van der Waals surface area contributed by atoms with Gasteiger partial charge in [0.15, 0.2) is 6.04 Å². The Kier molecular flexibility index (Phi) is 4.50. The lowest BCUT2D eigenvalue weighted by molar-refractivity contribution is -0.120. The maximum Gasteiger partial charge on any atom is 0.254 e. The number of anilines is 2. The minimum absolute atomic E-state index is 0.0211. The van der Waals surface area contributed by atoms with Crippen molar-refractivity contribution in [3.05, 3.63) is 60.2 Å². The van der Waals surface area contributed by atoms with Crippen LogP contribution in [0.15, 0.2) is 58.0 Å². The molecule has 1 saturated heterocycles. The van der Waals surface area contributed by atoms with Gasteiger partial charge in [0.25, 0.3) is 11.8 Å². The number of nitrogens with zero attached hydrogens (tertiary/aromatic N) is 5. The van der Waals surface area contributed by atoms with E-state index in [9.17, 15) is 9.18 Å². The molecule has 32 heavy (non-hydrogen) atoms. The van der Waals surface area contributed by atoms with Crippen molar-refractivity contribution in [1.29, 1.82) is 0 Å². The minimum Gasteiger partial charge on any atom is -0.376 e. The average Bonchev–Trinajstić information content (AvgIpc) is 3.58. The lowest BCUT2D eigenvalue weighted by atomic mass is 10.0. The second-order valence-electron chi connectivity index (χ2n) is 8.10. The summed E-state index contributed by atoms with van der Waals surface area (Å²) in [5.41, 5.74) is 2.37. The summed E-state index contributed by atoms with van der Waals surface area (Å²) in [6.07, 6.45) is 3.62. The number of halogens is 1. The molecule has 3 atom stereocenters. The quantitative estimate of drug-likeness (QED) is 0.627. The molecule has 2 aromatic carbocycles. The molecule has 3 aromatic rings. The lowest BCUT2D eigenvalue weighted by Crippen LogP contribution is -2.54. The molecule has 8 nitrogen and oxygen atoms in total. The first-order chi connectivity index (χ1) is 15.7. The van der Waals surface area contributed by atoms with Gasteiger partial charge in [0.05, 0.1) is 30.4 Å². The topological polar surface area (TPSA) is 84.1 Å². The smallest absolute Gasteiger partial charge is 0.254 e. The van der Waals surface area contributed by atoms with Crippen LogP contribution in [0.5, 0.6) is 0 Å². The van der Waals surface area contributed by atoms with E-state index in [1.165, 1.54) is 12.1 Å². The SMILES string of the molecule is O=C1C2C(c3nc(-c4ccc(F)cc4)no3)N=CN2c2ccccc2N1CC1CCCO1. The number of carbonyl (C=O) groups excluding carboxylic acids is 1. The number of rotatable bonds is 4. The third-order valence-electron chi connectivity index (χ3n) is 6.13. The number of aromatic nitrogens is 2. The number of ether oxygens (including phenoxy) is 1. The molecule has 3 unspecified atom stereocenters. The van der Waals surface area contributed by atoms with Crippen molar-refractivity contribution in [2.45, 2.75) is 31.0 Å². The molecule has 3 aliphatic heterocycles. The van der Waals surface area contributed by atoms with E-state index in [-0.39, 0.29) is 23.7 Å². The normalized spacial score (nSPS) is 24.2. The van der Waals surface area contributed by atoms with Crippen molar-refractivity contribution in [2.24, 2.45) is 4.99 Å². The van der Waals surface area contributed by atoms with Crippen LogP contribution in [-0.4, -0.2) is 47.7 Å². The molecule has 0 radical (unpaired) electrons. The molecule has 0 N–H and O–H groups in total. The summed E-state index contributed by atoms with van der Waals surface area (Å²) in [4.78, 5) is 26.4. The van der Waals surface area contributed by atoms with Gasteiger partial charge in [-0.25, -0.2) is 4.39 Å². The molecule has 1 aromatic heterocycles. The van der Waals surface area contributed by atoms with E-state index in [1.807, 2.05) is 29.2 Å². The number of hydrogen-bond donors (Lipinski definition) is 0. The average molecular weight is 433 g/mol. The molecule has 1 fully saturated rings. The maximum atomic E-state index is 13.7. The highest BCUT2D eigenvalue weighted by molar-refractivity contribution is 6.11. The van der Waals surface area contributed by atoms with Gasteiger partial charge in [-0.3, -0.25) is 9.79 Å². The van der Waals surface area contributed by atoms with Crippen LogP contribution in [0.2, 0.25) is 0 Å². The van der Waals surface area contributed by atoms with Crippen molar-refractivity contribution >= 4 is 23.6 Å². The van der Waals surface area contributed by atoms with Gasteiger partial charge in [0.1, 0.15) is 11.9 Å². The van der Waals surface area contributed by atoms with Gasteiger partial charge in [-0.15, -0.1) is 0 Å². The fourth-order valence-corrected chi connectivity index (χ4v) is 4.55. The second kappa shape index (κ2) is 7.52. The predicted molar refractivity (Wildman–Crippen MR) is 115 cm³/mol. The zero-order valence-corrected chi connectivity index (χ0v) is 17.1. The number of amides is 1. The number of carbonyl (C=O) groups is 1. The Bertz CT molecular complexity index is 1190. The summed E-state index contributed by atoms with van der Waals surface area (Å²) in [5, 5.41) is 4.02. The number of para-hydroxylation sites is 2. The van der Waals surface area contributed by atoms with Gasteiger partial charge in [-0.2, -0.15) is 4.98 Å². The Balaban J connectivity index is 1.34. The molecule has 9 heteroatoms. The first-order valence-electron chi connectivity index (χ1n) is 10.6. The van der Waals surface area contributed by atoms with E-state index in [0.29, 0.717) is 17.9 Å². The fourth-order valence-electron chi connectivity index (χ4n) is 4.55. The molecule has 6 rings (SSSR count). The third kappa shape index (κ3) is 3.08. The summed E-state index contributed by atoms with van der Waals surface area (Å²) < 4.78 is 24.5. The van der Waals surface area contributed by atoms with Crippen LogP contribution in [0.1, 0.15) is 24.8 Å². The van der Waals surface area contributed by atoms with Crippen LogP contribution < -0.4 is 9.80 Å². The fraction of sp³-hybridized carbons (Fsp3) is 0.304. The summed E-state index contributed by atoms with van der Waals surface area (Å²) in [6.45, 7) is 1.22. The van der Waals surface area contributed by atoms with E-state index in [4.69, 9.17) is 9.26 Å². The van der Waals surface area contributed by atoms with Crippen molar-refractivity contribution in [3.63, 3.8) is 0 Å². The molecular formula is C23H20FN5O3. The van der Waals surface area contributed by atoms with Crippen LogP contribution in [0.3, 0.4) is 0 Å². The Morgan fingerprint density at radius 2 is 1.91 bits per heavy atom. The van der Waals surface area contributed by atoms with Crippen molar-refractivity contribution in [2.75, 3.05) is 23.0 Å². The number of benzene rings is 2. The largest absolute Gasteiger partial charge is 0.376 e. The van der Waals surface area contributed by atoms with Crippen molar-refractivity contribution in [3.8, 4) is 11.4 Å². The molecule has 3 aliphatic rings. The molecule has 0 aliphatic carbocycles. The molecule has 4 heterocycles. The number of aliphatic imine (C=N–C) groups is 1. The van der Waals surface area contributed by atoms with Crippen LogP contribution in [0, 0.1) is 5.82 Å². The zero-order valence-electron chi connectivity index (χ0n) is 17.1. The van der Waals surface area contributed by atoms with Crippen molar-refractivity contribution < 1.29 is 18.4 Å². The van der Waals surface area contributed by atoms with E-state index >= 15 is 0 Å². The van der Waals surface area contributed by atoms with Gasteiger partial charge in [0, 0.05) is 12.2 Å². The number of hydrogen-bond acceptors (Lipinski definition) is 7. The van der Waals surface area contributed by atoms with Crippen LogP contribution in [0.4, 0.5) is 15.8 Å². The first kappa shape index (κ1) is 19.1. The monoisotopic (exact) mass is 433 g/mol. The highest BCUT2D eigenvalue weighted by Gasteiger charge is 2.48. The molecule has 1 amide bonds. The summed E-state index contributed by atoms with van der Waals surface area (Å²) >= 11 is 0. The molecule has 162 valence electrons. The maximum absolute atomic E-state index is 13.7. The lowest BCUT2D eigenvalue weighted by Gasteiger charge is -2.39. The molecule has 0 saturated carbocycles. The van der Waals surface area contributed by atoms with Crippen LogP contribution >= 0.6 is 0 Å². The highest BCUT2D eigenvalue weighted by atomic mass is 19.1. The van der Waals surface area contributed by atoms with Crippen LogP contribution in [0.25, 0.3) is 11.4 Å². The van der Waals surface area contributed by atoms with Crippen molar-refractivity contribution in [1.82, 2.24) is 10.1 Å². The van der Waals surface area contributed by atoms with E-state index in [1.54, 1.807) is 23.4 Å². The summed E-state index contributed by atoms with van der Waals surface area (Å²) in [7, 11) is 0.